The first-order valence-electron chi connectivity index (χ1n) is 5.42. The second-order valence-corrected chi connectivity index (χ2v) is 4.10. The second-order valence-electron chi connectivity index (χ2n) is 3.74. The smallest absolute Gasteiger partial charge is 0.419 e. The van der Waals surface area contributed by atoms with Crippen LogP contribution in [0.3, 0.4) is 0 Å². The first-order chi connectivity index (χ1) is 9.82. The monoisotopic (exact) mass is 322 g/mol. The van der Waals surface area contributed by atoms with Gasteiger partial charge in [-0.1, -0.05) is 11.6 Å². The normalized spacial score (nSPS) is 11.3. The van der Waals surface area contributed by atoms with Crippen molar-refractivity contribution in [1.82, 2.24) is 9.97 Å². The minimum atomic E-state index is -4.84. The van der Waals surface area contributed by atoms with Crippen LogP contribution in [0.15, 0.2) is 24.5 Å². The maximum atomic E-state index is 13.2. The SMILES string of the molecule is COc1c(Cl)ncnc1Oc1ccc(F)c(C(F)(F)F)c1. The first-order valence-corrected chi connectivity index (χ1v) is 5.80. The molecule has 0 radical (unpaired) electrons. The van der Waals surface area contributed by atoms with Gasteiger partial charge in [0.1, 0.15) is 17.9 Å². The molecule has 0 bridgehead atoms. The Bertz CT molecular complexity index is 664. The fraction of sp³-hybridized carbons (Fsp3) is 0.167. The number of nitrogens with zero attached hydrogens (tertiary/aromatic N) is 2. The molecule has 21 heavy (non-hydrogen) atoms. The summed E-state index contributed by atoms with van der Waals surface area (Å²) in [5.41, 5.74) is -1.45. The van der Waals surface area contributed by atoms with Crippen LogP contribution in [0, 0.1) is 5.82 Å². The summed E-state index contributed by atoms with van der Waals surface area (Å²) in [5, 5.41) is -0.0688. The van der Waals surface area contributed by atoms with Crippen molar-refractivity contribution in [3.05, 3.63) is 41.1 Å². The molecule has 1 heterocycles. The molecule has 0 saturated carbocycles. The minimum absolute atomic E-state index is 0.0444. The average Bonchev–Trinajstić information content (AvgIpc) is 2.40. The zero-order valence-electron chi connectivity index (χ0n) is 10.4. The molecule has 0 aliphatic carbocycles. The van der Waals surface area contributed by atoms with Crippen molar-refractivity contribution in [3.63, 3.8) is 0 Å². The third-order valence-corrected chi connectivity index (χ3v) is 2.66. The Hall–Kier alpha value is -2.09. The lowest BCUT2D eigenvalue weighted by atomic mass is 10.2. The standard InChI is InChI=1S/C12H7ClF4N2O2/c1-20-9-10(13)18-5-19-11(9)21-6-2-3-8(14)7(4-6)12(15,16)17/h2-5H,1H3. The Morgan fingerprint density at radius 1 is 1.19 bits per heavy atom. The molecule has 1 aromatic carbocycles. The van der Waals surface area contributed by atoms with Crippen LogP contribution in [0.5, 0.6) is 17.4 Å². The predicted octanol–water partition coefficient (Wildman–Crippen LogP) is 4.09. The molecule has 0 aliphatic heterocycles. The third-order valence-electron chi connectivity index (χ3n) is 2.39. The number of benzene rings is 1. The number of ether oxygens (including phenoxy) is 2. The molecule has 0 unspecified atom stereocenters. The molecule has 0 N–H and O–H groups in total. The number of methoxy groups -OCH3 is 1. The van der Waals surface area contributed by atoms with Crippen molar-refractivity contribution in [2.45, 2.75) is 6.18 Å². The molecule has 0 aliphatic rings. The van der Waals surface area contributed by atoms with Gasteiger partial charge in [0.25, 0.3) is 5.88 Å². The Labute approximate surface area is 121 Å². The van der Waals surface area contributed by atoms with Crippen molar-refractivity contribution >= 4 is 11.6 Å². The van der Waals surface area contributed by atoms with E-state index in [2.05, 4.69) is 9.97 Å². The van der Waals surface area contributed by atoms with Gasteiger partial charge < -0.3 is 9.47 Å². The Kier molecular flexibility index (Phi) is 4.17. The van der Waals surface area contributed by atoms with E-state index in [9.17, 15) is 17.6 Å². The Morgan fingerprint density at radius 2 is 1.90 bits per heavy atom. The van der Waals surface area contributed by atoms with Crippen LogP contribution in [-0.4, -0.2) is 17.1 Å². The summed E-state index contributed by atoms with van der Waals surface area (Å²) in [6, 6.07) is 2.19. The van der Waals surface area contributed by atoms with E-state index < -0.39 is 17.6 Å². The quantitative estimate of drug-likeness (QED) is 0.630. The Balaban J connectivity index is 2.39. The highest BCUT2D eigenvalue weighted by Crippen LogP contribution is 2.37. The van der Waals surface area contributed by atoms with Crippen LogP contribution in [-0.2, 0) is 6.18 Å². The summed E-state index contributed by atoms with van der Waals surface area (Å²) in [5.74, 6) is -1.89. The lowest BCUT2D eigenvalue weighted by molar-refractivity contribution is -0.140. The number of aromatic nitrogens is 2. The summed E-state index contributed by atoms with van der Waals surface area (Å²) in [6.07, 6.45) is -3.79. The summed E-state index contributed by atoms with van der Waals surface area (Å²) in [7, 11) is 1.27. The molecule has 0 atom stereocenters. The first kappa shape index (κ1) is 15.3. The number of alkyl halides is 3. The van der Waals surface area contributed by atoms with Gasteiger partial charge in [-0.15, -0.1) is 0 Å². The van der Waals surface area contributed by atoms with E-state index in [1.807, 2.05) is 0 Å². The third kappa shape index (κ3) is 3.33. The van der Waals surface area contributed by atoms with Crippen molar-refractivity contribution in [1.29, 1.82) is 0 Å². The molecule has 0 spiro atoms. The van der Waals surface area contributed by atoms with Gasteiger partial charge in [-0.2, -0.15) is 18.2 Å². The van der Waals surface area contributed by atoms with Gasteiger partial charge in [0.2, 0.25) is 5.75 Å². The van der Waals surface area contributed by atoms with Crippen LogP contribution >= 0.6 is 11.6 Å². The van der Waals surface area contributed by atoms with E-state index >= 15 is 0 Å². The van der Waals surface area contributed by atoms with Crippen LogP contribution in [0.25, 0.3) is 0 Å². The zero-order valence-corrected chi connectivity index (χ0v) is 11.2. The molecule has 9 heteroatoms. The number of hydrogen-bond acceptors (Lipinski definition) is 4. The van der Waals surface area contributed by atoms with Gasteiger partial charge >= 0.3 is 6.18 Å². The second kappa shape index (κ2) is 5.72. The van der Waals surface area contributed by atoms with E-state index in [-0.39, 0.29) is 22.5 Å². The molecule has 2 aromatic rings. The molecule has 112 valence electrons. The van der Waals surface area contributed by atoms with Crippen molar-refractivity contribution in [2.24, 2.45) is 0 Å². The van der Waals surface area contributed by atoms with Crippen molar-refractivity contribution < 1.29 is 27.0 Å². The summed E-state index contributed by atoms with van der Waals surface area (Å²) in [4.78, 5) is 7.33. The van der Waals surface area contributed by atoms with Gasteiger partial charge in [-0.25, -0.2) is 9.37 Å². The molecule has 4 nitrogen and oxygen atoms in total. The van der Waals surface area contributed by atoms with Crippen LogP contribution in [0.4, 0.5) is 17.6 Å². The largest absolute Gasteiger partial charge is 0.489 e. The molecule has 0 amide bonds. The highest BCUT2D eigenvalue weighted by molar-refractivity contribution is 6.31. The predicted molar refractivity (Wildman–Crippen MR) is 65.1 cm³/mol. The van der Waals surface area contributed by atoms with Crippen LogP contribution < -0.4 is 9.47 Å². The Morgan fingerprint density at radius 3 is 2.52 bits per heavy atom. The fourth-order valence-corrected chi connectivity index (χ4v) is 1.68. The lowest BCUT2D eigenvalue weighted by Gasteiger charge is -2.12. The number of halogens is 5. The average molecular weight is 323 g/mol. The summed E-state index contributed by atoms with van der Waals surface area (Å²) >= 11 is 5.73. The van der Waals surface area contributed by atoms with E-state index in [4.69, 9.17) is 21.1 Å². The van der Waals surface area contributed by atoms with Gasteiger partial charge in [-0.05, 0) is 18.2 Å². The molecule has 0 saturated heterocycles. The number of rotatable bonds is 3. The maximum absolute atomic E-state index is 13.2. The van der Waals surface area contributed by atoms with Gasteiger partial charge in [0.15, 0.2) is 5.15 Å². The summed E-state index contributed by atoms with van der Waals surface area (Å²) < 4.78 is 61.0. The van der Waals surface area contributed by atoms with E-state index in [1.165, 1.54) is 7.11 Å². The lowest BCUT2D eigenvalue weighted by Crippen LogP contribution is -2.08. The van der Waals surface area contributed by atoms with E-state index in [0.717, 1.165) is 12.4 Å². The minimum Gasteiger partial charge on any atom is -0.489 e. The van der Waals surface area contributed by atoms with Gasteiger partial charge in [-0.3, -0.25) is 0 Å². The summed E-state index contributed by atoms with van der Waals surface area (Å²) in [6.45, 7) is 0. The highest BCUT2D eigenvalue weighted by atomic mass is 35.5. The van der Waals surface area contributed by atoms with Gasteiger partial charge in [0, 0.05) is 0 Å². The molecule has 2 rings (SSSR count). The molecule has 1 aromatic heterocycles. The van der Waals surface area contributed by atoms with Crippen molar-refractivity contribution in [2.75, 3.05) is 7.11 Å². The van der Waals surface area contributed by atoms with E-state index in [1.54, 1.807) is 0 Å². The van der Waals surface area contributed by atoms with Gasteiger partial charge in [0.05, 0.1) is 12.7 Å². The maximum Gasteiger partial charge on any atom is 0.419 e. The molecular formula is C12H7ClF4N2O2. The fourth-order valence-electron chi connectivity index (χ4n) is 1.48. The van der Waals surface area contributed by atoms with Crippen LogP contribution in [0.2, 0.25) is 5.15 Å². The number of hydrogen-bond donors (Lipinski definition) is 0. The van der Waals surface area contributed by atoms with Crippen LogP contribution in [0.1, 0.15) is 5.56 Å². The zero-order chi connectivity index (χ0) is 15.6. The van der Waals surface area contributed by atoms with E-state index in [0.29, 0.717) is 12.1 Å². The molecular weight excluding hydrogens is 316 g/mol. The van der Waals surface area contributed by atoms with Crippen molar-refractivity contribution in [3.8, 4) is 17.4 Å². The highest BCUT2D eigenvalue weighted by Gasteiger charge is 2.34. The molecule has 0 fully saturated rings. The topological polar surface area (TPSA) is 44.2 Å².